The summed E-state index contributed by atoms with van der Waals surface area (Å²) in [5.74, 6) is 0.778. The Balaban J connectivity index is 2.77. The van der Waals surface area contributed by atoms with Gasteiger partial charge in [-0.3, -0.25) is 4.79 Å². The number of amides is 1. The molecule has 0 spiro atoms. The van der Waals surface area contributed by atoms with E-state index < -0.39 is 0 Å². The van der Waals surface area contributed by atoms with E-state index in [1.165, 1.54) is 5.56 Å². The smallest absolute Gasteiger partial charge is 0.223 e. The van der Waals surface area contributed by atoms with E-state index in [1.54, 1.807) is 4.90 Å². The first kappa shape index (κ1) is 15.7. The molecule has 1 aromatic carbocycles. The summed E-state index contributed by atoms with van der Waals surface area (Å²) in [4.78, 5) is 14.0. The Hall–Kier alpha value is -1.35. The SMILES string of the molecule is CCN(CCO)C(=O)CC(c1ccccc1)C(C)C. The van der Waals surface area contributed by atoms with Crippen LogP contribution in [0.5, 0.6) is 0 Å². The van der Waals surface area contributed by atoms with E-state index in [4.69, 9.17) is 5.11 Å². The van der Waals surface area contributed by atoms with Crippen molar-refractivity contribution in [1.29, 1.82) is 0 Å². The van der Waals surface area contributed by atoms with Gasteiger partial charge in [-0.2, -0.15) is 0 Å². The third-order valence-corrected chi connectivity index (χ3v) is 3.53. The summed E-state index contributed by atoms with van der Waals surface area (Å²) in [6, 6.07) is 10.2. The van der Waals surface area contributed by atoms with Gasteiger partial charge in [-0.05, 0) is 24.3 Å². The first-order valence-corrected chi connectivity index (χ1v) is 7.03. The van der Waals surface area contributed by atoms with Gasteiger partial charge in [0.15, 0.2) is 0 Å². The summed E-state index contributed by atoms with van der Waals surface area (Å²) in [5, 5.41) is 8.98. The Labute approximate surface area is 116 Å². The highest BCUT2D eigenvalue weighted by Crippen LogP contribution is 2.28. The lowest BCUT2D eigenvalue weighted by atomic mass is 9.85. The molecule has 1 aromatic rings. The number of aliphatic hydroxyl groups is 1. The Kier molecular flexibility index (Phi) is 6.57. The van der Waals surface area contributed by atoms with Crippen molar-refractivity contribution in [2.45, 2.75) is 33.1 Å². The van der Waals surface area contributed by atoms with Gasteiger partial charge in [-0.1, -0.05) is 44.2 Å². The predicted molar refractivity (Wildman–Crippen MR) is 78.0 cm³/mol. The molecule has 3 heteroatoms. The molecule has 0 aliphatic carbocycles. The molecule has 1 rings (SSSR count). The van der Waals surface area contributed by atoms with Crippen LogP contribution in [0, 0.1) is 5.92 Å². The number of hydrogen-bond acceptors (Lipinski definition) is 2. The molecule has 1 amide bonds. The number of rotatable bonds is 7. The van der Waals surface area contributed by atoms with Crippen molar-refractivity contribution in [2.75, 3.05) is 19.7 Å². The van der Waals surface area contributed by atoms with Crippen molar-refractivity contribution in [3.8, 4) is 0 Å². The van der Waals surface area contributed by atoms with Gasteiger partial charge >= 0.3 is 0 Å². The topological polar surface area (TPSA) is 40.5 Å². The molecule has 0 bridgehead atoms. The second kappa shape index (κ2) is 7.95. The summed E-state index contributed by atoms with van der Waals surface area (Å²) < 4.78 is 0. The molecule has 0 fully saturated rings. The zero-order chi connectivity index (χ0) is 14.3. The van der Waals surface area contributed by atoms with Crippen LogP contribution in [-0.2, 0) is 4.79 Å². The number of carbonyl (C=O) groups excluding carboxylic acids is 1. The largest absolute Gasteiger partial charge is 0.395 e. The van der Waals surface area contributed by atoms with Crippen LogP contribution in [0.4, 0.5) is 0 Å². The maximum Gasteiger partial charge on any atom is 0.223 e. The van der Waals surface area contributed by atoms with Crippen LogP contribution in [0.25, 0.3) is 0 Å². The van der Waals surface area contributed by atoms with Crippen LogP contribution in [0.2, 0.25) is 0 Å². The maximum absolute atomic E-state index is 12.3. The molecular formula is C16H25NO2. The number of benzene rings is 1. The quantitative estimate of drug-likeness (QED) is 0.821. The minimum Gasteiger partial charge on any atom is -0.395 e. The Bertz CT molecular complexity index is 376. The Morgan fingerprint density at radius 2 is 1.89 bits per heavy atom. The fraction of sp³-hybridized carbons (Fsp3) is 0.562. The van der Waals surface area contributed by atoms with Gasteiger partial charge in [0.1, 0.15) is 0 Å². The van der Waals surface area contributed by atoms with Crippen molar-refractivity contribution in [1.82, 2.24) is 4.90 Å². The molecule has 0 radical (unpaired) electrons. The van der Waals surface area contributed by atoms with Gasteiger partial charge in [0.05, 0.1) is 6.61 Å². The second-order valence-electron chi connectivity index (χ2n) is 5.16. The number of aliphatic hydroxyl groups excluding tert-OH is 1. The molecule has 0 aromatic heterocycles. The number of hydrogen-bond donors (Lipinski definition) is 1. The molecule has 0 aliphatic heterocycles. The van der Waals surface area contributed by atoms with Gasteiger partial charge in [0.25, 0.3) is 0 Å². The Morgan fingerprint density at radius 3 is 2.37 bits per heavy atom. The van der Waals surface area contributed by atoms with Crippen molar-refractivity contribution < 1.29 is 9.90 Å². The van der Waals surface area contributed by atoms with Gasteiger partial charge in [-0.15, -0.1) is 0 Å². The van der Waals surface area contributed by atoms with Crippen LogP contribution in [0.1, 0.15) is 38.7 Å². The molecule has 1 unspecified atom stereocenters. The molecular weight excluding hydrogens is 238 g/mol. The molecule has 1 atom stereocenters. The lowest BCUT2D eigenvalue weighted by molar-refractivity contribution is -0.132. The minimum atomic E-state index is 0.0251. The zero-order valence-corrected chi connectivity index (χ0v) is 12.2. The van der Waals surface area contributed by atoms with E-state index in [2.05, 4.69) is 26.0 Å². The highest BCUT2D eigenvalue weighted by molar-refractivity contribution is 5.77. The lowest BCUT2D eigenvalue weighted by Crippen LogP contribution is -2.34. The number of likely N-dealkylation sites (N-methyl/N-ethyl adjacent to an activating group) is 1. The molecule has 106 valence electrons. The molecule has 19 heavy (non-hydrogen) atoms. The average molecular weight is 263 g/mol. The van der Waals surface area contributed by atoms with Gasteiger partial charge < -0.3 is 10.0 Å². The van der Waals surface area contributed by atoms with E-state index >= 15 is 0 Å². The minimum absolute atomic E-state index is 0.0251. The summed E-state index contributed by atoms with van der Waals surface area (Å²) in [7, 11) is 0. The average Bonchev–Trinajstić information content (AvgIpc) is 2.42. The standard InChI is InChI=1S/C16H25NO2/c1-4-17(10-11-18)16(19)12-15(13(2)3)14-8-6-5-7-9-14/h5-9,13,15,18H,4,10-12H2,1-3H3. The van der Waals surface area contributed by atoms with Crippen LogP contribution >= 0.6 is 0 Å². The summed E-state index contributed by atoms with van der Waals surface area (Å²) in [6.45, 7) is 7.34. The van der Waals surface area contributed by atoms with Gasteiger partial charge in [-0.25, -0.2) is 0 Å². The van der Waals surface area contributed by atoms with Crippen LogP contribution in [0.15, 0.2) is 30.3 Å². The van der Waals surface area contributed by atoms with Crippen LogP contribution in [-0.4, -0.2) is 35.6 Å². The van der Waals surface area contributed by atoms with Crippen molar-refractivity contribution in [2.24, 2.45) is 5.92 Å². The normalized spacial score (nSPS) is 12.5. The molecule has 0 heterocycles. The number of nitrogens with zero attached hydrogens (tertiary/aromatic N) is 1. The summed E-state index contributed by atoms with van der Waals surface area (Å²) in [5.41, 5.74) is 1.21. The fourth-order valence-corrected chi connectivity index (χ4v) is 2.34. The van der Waals surface area contributed by atoms with E-state index in [0.29, 0.717) is 25.4 Å². The zero-order valence-electron chi connectivity index (χ0n) is 12.2. The third-order valence-electron chi connectivity index (χ3n) is 3.53. The van der Waals surface area contributed by atoms with Gasteiger partial charge in [0.2, 0.25) is 5.91 Å². The van der Waals surface area contributed by atoms with Crippen molar-refractivity contribution in [3.63, 3.8) is 0 Å². The molecule has 0 saturated carbocycles. The Morgan fingerprint density at radius 1 is 1.26 bits per heavy atom. The van der Waals surface area contributed by atoms with Crippen molar-refractivity contribution in [3.05, 3.63) is 35.9 Å². The lowest BCUT2D eigenvalue weighted by Gasteiger charge is -2.25. The molecule has 0 aliphatic rings. The van der Waals surface area contributed by atoms with Gasteiger partial charge in [0, 0.05) is 19.5 Å². The number of carbonyl (C=O) groups is 1. The molecule has 3 nitrogen and oxygen atoms in total. The highest BCUT2D eigenvalue weighted by atomic mass is 16.3. The van der Waals surface area contributed by atoms with Crippen molar-refractivity contribution >= 4 is 5.91 Å². The second-order valence-corrected chi connectivity index (χ2v) is 5.16. The van der Waals surface area contributed by atoms with E-state index in [1.807, 2.05) is 25.1 Å². The molecule has 1 N–H and O–H groups in total. The fourth-order valence-electron chi connectivity index (χ4n) is 2.34. The third kappa shape index (κ3) is 4.67. The predicted octanol–water partition coefficient (Wildman–Crippen LogP) is 2.66. The first-order valence-electron chi connectivity index (χ1n) is 7.03. The maximum atomic E-state index is 12.3. The van der Waals surface area contributed by atoms with E-state index in [-0.39, 0.29) is 18.4 Å². The first-order chi connectivity index (χ1) is 9.10. The van der Waals surface area contributed by atoms with E-state index in [9.17, 15) is 4.79 Å². The summed E-state index contributed by atoms with van der Waals surface area (Å²) >= 11 is 0. The monoisotopic (exact) mass is 263 g/mol. The van der Waals surface area contributed by atoms with E-state index in [0.717, 1.165) is 0 Å². The van der Waals surface area contributed by atoms with Crippen LogP contribution in [0.3, 0.4) is 0 Å². The summed E-state index contributed by atoms with van der Waals surface area (Å²) in [6.07, 6.45) is 0.509. The highest BCUT2D eigenvalue weighted by Gasteiger charge is 2.22. The van der Waals surface area contributed by atoms with Crippen LogP contribution < -0.4 is 0 Å². The molecule has 0 saturated heterocycles.